The van der Waals surface area contributed by atoms with Crippen LogP contribution in [0.5, 0.6) is 0 Å². The number of carbonyl (C=O) groups is 2. The number of pyridine rings is 1. The second-order valence-electron chi connectivity index (χ2n) is 5.82. The Morgan fingerprint density at radius 3 is 2.88 bits per heavy atom. The molecule has 0 radical (unpaired) electrons. The molecule has 0 unspecified atom stereocenters. The third-order valence-corrected chi connectivity index (χ3v) is 5.08. The van der Waals surface area contributed by atoms with Crippen molar-refractivity contribution in [2.75, 3.05) is 19.7 Å². The third-order valence-electron chi connectivity index (χ3n) is 4.14. The number of hydrogen-bond donors (Lipinski definition) is 0. The smallest absolute Gasteiger partial charge is 0.310 e. The number of esters is 1. The summed E-state index contributed by atoms with van der Waals surface area (Å²) in [4.78, 5) is 31.6. The van der Waals surface area contributed by atoms with Gasteiger partial charge in [-0.05, 0) is 36.4 Å². The molecule has 1 amide bonds. The summed E-state index contributed by atoms with van der Waals surface area (Å²) in [6, 6.07) is 7.43. The van der Waals surface area contributed by atoms with Gasteiger partial charge in [0.05, 0.1) is 12.5 Å². The lowest BCUT2D eigenvalue weighted by molar-refractivity contribution is -0.149. The Morgan fingerprint density at radius 2 is 2.12 bits per heavy atom. The zero-order valence-electron chi connectivity index (χ0n) is 13.4. The molecule has 3 rings (SSSR count). The van der Waals surface area contributed by atoms with Gasteiger partial charge in [0, 0.05) is 42.3 Å². The van der Waals surface area contributed by atoms with E-state index in [0.29, 0.717) is 25.3 Å². The molecule has 2 aromatic rings. The number of aromatic nitrogens is 1. The molecular weight excluding hydrogens is 324 g/mol. The van der Waals surface area contributed by atoms with Crippen molar-refractivity contribution in [1.82, 2.24) is 9.88 Å². The van der Waals surface area contributed by atoms with Gasteiger partial charge >= 0.3 is 5.97 Å². The number of amides is 1. The van der Waals surface area contributed by atoms with Crippen LogP contribution >= 0.6 is 11.3 Å². The van der Waals surface area contributed by atoms with Crippen LogP contribution in [0, 0.1) is 5.92 Å². The molecule has 0 bridgehead atoms. The summed E-state index contributed by atoms with van der Waals surface area (Å²) in [7, 11) is 0. The Balaban J connectivity index is 1.51. The lowest BCUT2D eigenvalue weighted by atomic mass is 9.97. The second-order valence-corrected chi connectivity index (χ2v) is 6.86. The predicted octanol–water partition coefficient (Wildman–Crippen LogP) is 2.78. The minimum atomic E-state index is -0.229. The standard InChI is InChI=1S/C18H20N2O3S/c21-17(14-5-8-19-9-6-14)20-10-1-3-15(13-20)18(22)23-11-7-16-4-2-12-24-16/h2,4-6,8-9,12,15H,1,3,7,10-11,13H2/t15-/m1/s1. The maximum atomic E-state index is 12.5. The maximum absolute atomic E-state index is 12.5. The van der Waals surface area contributed by atoms with Crippen LogP contribution in [-0.2, 0) is 16.0 Å². The Bertz CT molecular complexity index is 673. The summed E-state index contributed by atoms with van der Waals surface area (Å²) in [5, 5.41) is 2.01. The lowest BCUT2D eigenvalue weighted by Gasteiger charge is -2.31. The summed E-state index contributed by atoms with van der Waals surface area (Å²) < 4.78 is 5.41. The summed E-state index contributed by atoms with van der Waals surface area (Å²) >= 11 is 1.66. The van der Waals surface area contributed by atoms with Gasteiger partial charge in [-0.25, -0.2) is 0 Å². The van der Waals surface area contributed by atoms with E-state index in [1.807, 2.05) is 17.5 Å². The van der Waals surface area contributed by atoms with Crippen molar-refractivity contribution in [3.05, 3.63) is 52.5 Å². The van der Waals surface area contributed by atoms with E-state index in [2.05, 4.69) is 4.98 Å². The molecule has 1 saturated heterocycles. The first-order valence-corrected chi connectivity index (χ1v) is 9.00. The van der Waals surface area contributed by atoms with Crippen LogP contribution in [0.15, 0.2) is 42.0 Å². The van der Waals surface area contributed by atoms with Crippen molar-refractivity contribution in [2.24, 2.45) is 5.92 Å². The highest BCUT2D eigenvalue weighted by Gasteiger charge is 2.29. The number of hydrogen-bond acceptors (Lipinski definition) is 5. The zero-order chi connectivity index (χ0) is 16.8. The van der Waals surface area contributed by atoms with Crippen LogP contribution in [0.25, 0.3) is 0 Å². The summed E-state index contributed by atoms with van der Waals surface area (Å²) in [5.74, 6) is -0.472. The second kappa shape index (κ2) is 8.06. The highest BCUT2D eigenvalue weighted by Crippen LogP contribution is 2.20. The normalized spacial score (nSPS) is 17.5. The van der Waals surface area contributed by atoms with E-state index in [4.69, 9.17) is 4.74 Å². The first-order chi connectivity index (χ1) is 11.7. The van der Waals surface area contributed by atoms with Gasteiger partial charge < -0.3 is 9.64 Å². The van der Waals surface area contributed by atoms with Gasteiger partial charge in [0.15, 0.2) is 0 Å². The highest BCUT2D eigenvalue weighted by molar-refractivity contribution is 7.09. The van der Waals surface area contributed by atoms with E-state index in [0.717, 1.165) is 19.3 Å². The average molecular weight is 344 g/mol. The van der Waals surface area contributed by atoms with Crippen molar-refractivity contribution in [3.63, 3.8) is 0 Å². The molecule has 0 saturated carbocycles. The molecule has 24 heavy (non-hydrogen) atoms. The van der Waals surface area contributed by atoms with Gasteiger partial charge in [-0.1, -0.05) is 6.07 Å². The molecule has 0 spiro atoms. The monoisotopic (exact) mass is 344 g/mol. The summed E-state index contributed by atoms with van der Waals surface area (Å²) in [6.45, 7) is 1.51. The van der Waals surface area contributed by atoms with Crippen molar-refractivity contribution < 1.29 is 14.3 Å². The fraction of sp³-hybridized carbons (Fsp3) is 0.389. The molecule has 126 valence electrons. The molecule has 3 heterocycles. The van der Waals surface area contributed by atoms with Crippen molar-refractivity contribution in [2.45, 2.75) is 19.3 Å². The topological polar surface area (TPSA) is 59.5 Å². The van der Waals surface area contributed by atoms with E-state index >= 15 is 0 Å². The van der Waals surface area contributed by atoms with Crippen LogP contribution in [-0.4, -0.2) is 41.5 Å². The minimum Gasteiger partial charge on any atom is -0.465 e. The van der Waals surface area contributed by atoms with Crippen LogP contribution in [0.1, 0.15) is 28.1 Å². The van der Waals surface area contributed by atoms with Crippen molar-refractivity contribution >= 4 is 23.2 Å². The number of likely N-dealkylation sites (tertiary alicyclic amines) is 1. The van der Waals surface area contributed by atoms with Crippen LogP contribution in [0.4, 0.5) is 0 Å². The molecule has 1 aliphatic heterocycles. The lowest BCUT2D eigenvalue weighted by Crippen LogP contribution is -2.42. The Kier molecular flexibility index (Phi) is 5.59. The van der Waals surface area contributed by atoms with Gasteiger partial charge in [-0.15, -0.1) is 11.3 Å². The van der Waals surface area contributed by atoms with Crippen LogP contribution in [0.3, 0.4) is 0 Å². The molecule has 0 aliphatic carbocycles. The molecule has 0 N–H and O–H groups in total. The summed E-state index contributed by atoms with van der Waals surface area (Å²) in [6.07, 6.45) is 5.55. The predicted molar refractivity (Wildman–Crippen MR) is 91.8 cm³/mol. The van der Waals surface area contributed by atoms with E-state index in [1.54, 1.807) is 40.8 Å². The molecule has 0 aromatic carbocycles. The molecule has 2 aromatic heterocycles. The largest absolute Gasteiger partial charge is 0.465 e. The number of ether oxygens (including phenoxy) is 1. The maximum Gasteiger partial charge on any atom is 0.310 e. The zero-order valence-corrected chi connectivity index (χ0v) is 14.2. The summed E-state index contributed by atoms with van der Waals surface area (Å²) in [5.41, 5.74) is 0.608. The van der Waals surface area contributed by atoms with E-state index in [-0.39, 0.29) is 17.8 Å². The molecule has 1 aliphatic rings. The van der Waals surface area contributed by atoms with E-state index in [9.17, 15) is 9.59 Å². The minimum absolute atomic E-state index is 0.0477. The van der Waals surface area contributed by atoms with Crippen molar-refractivity contribution in [1.29, 1.82) is 0 Å². The van der Waals surface area contributed by atoms with Crippen LogP contribution < -0.4 is 0 Å². The first kappa shape index (κ1) is 16.6. The van der Waals surface area contributed by atoms with E-state index < -0.39 is 0 Å². The fourth-order valence-corrected chi connectivity index (χ4v) is 3.55. The van der Waals surface area contributed by atoms with Gasteiger partial charge in [0.2, 0.25) is 0 Å². The highest BCUT2D eigenvalue weighted by atomic mass is 32.1. The number of piperidine rings is 1. The van der Waals surface area contributed by atoms with Crippen LogP contribution in [0.2, 0.25) is 0 Å². The first-order valence-electron chi connectivity index (χ1n) is 8.12. The SMILES string of the molecule is O=C(OCCc1cccs1)[C@@H]1CCCN(C(=O)c2ccncc2)C1. The molecule has 1 fully saturated rings. The number of rotatable bonds is 5. The Morgan fingerprint density at radius 1 is 1.29 bits per heavy atom. The number of thiophene rings is 1. The average Bonchev–Trinajstić information content (AvgIpc) is 3.15. The molecule has 5 nitrogen and oxygen atoms in total. The fourth-order valence-electron chi connectivity index (χ4n) is 2.86. The number of carbonyl (C=O) groups excluding carboxylic acids is 2. The Hall–Kier alpha value is -2.21. The third kappa shape index (κ3) is 4.20. The Labute approximate surface area is 145 Å². The van der Waals surface area contributed by atoms with Gasteiger partial charge in [-0.3, -0.25) is 14.6 Å². The van der Waals surface area contributed by atoms with Crippen molar-refractivity contribution in [3.8, 4) is 0 Å². The quantitative estimate of drug-likeness (QED) is 0.783. The van der Waals surface area contributed by atoms with Gasteiger partial charge in [0.25, 0.3) is 5.91 Å². The number of nitrogens with zero attached hydrogens (tertiary/aromatic N) is 2. The molecular formula is C18H20N2O3S. The molecule has 1 atom stereocenters. The van der Waals surface area contributed by atoms with E-state index in [1.165, 1.54) is 4.88 Å². The van der Waals surface area contributed by atoms with Gasteiger partial charge in [-0.2, -0.15) is 0 Å². The molecule has 6 heteroatoms. The van der Waals surface area contributed by atoms with Gasteiger partial charge in [0.1, 0.15) is 0 Å².